The Bertz CT molecular complexity index is 849. The molecule has 1 saturated heterocycles. The quantitative estimate of drug-likeness (QED) is 0.846. The monoisotopic (exact) mass is 378 g/mol. The Morgan fingerprint density at radius 3 is 2.36 bits per heavy atom. The summed E-state index contributed by atoms with van der Waals surface area (Å²) in [6.45, 7) is 0.390. The molecule has 25 heavy (non-hydrogen) atoms. The van der Waals surface area contributed by atoms with Crippen molar-refractivity contribution in [3.63, 3.8) is 0 Å². The number of sulfone groups is 1. The maximum absolute atomic E-state index is 12.0. The van der Waals surface area contributed by atoms with Crippen LogP contribution in [0, 0.1) is 0 Å². The highest BCUT2D eigenvalue weighted by molar-refractivity contribution is 7.91. The van der Waals surface area contributed by atoms with Crippen LogP contribution in [0.1, 0.15) is 29.2 Å². The van der Waals surface area contributed by atoms with Crippen molar-refractivity contribution in [2.75, 3.05) is 11.1 Å². The third kappa shape index (κ3) is 4.52. The molecule has 132 valence electrons. The number of hydrogen-bond donors (Lipinski definition) is 2. The molecule has 0 aliphatic carbocycles. The summed E-state index contributed by atoms with van der Waals surface area (Å²) in [5, 5.41) is 5.73. The Morgan fingerprint density at radius 1 is 1.08 bits per heavy atom. The highest BCUT2D eigenvalue weighted by atomic mass is 35.5. The van der Waals surface area contributed by atoms with Crippen molar-refractivity contribution in [3.8, 4) is 0 Å². The van der Waals surface area contributed by atoms with Crippen molar-refractivity contribution in [2.45, 2.75) is 24.6 Å². The molecule has 0 unspecified atom stereocenters. The van der Waals surface area contributed by atoms with Crippen LogP contribution in [0.25, 0.3) is 0 Å². The van der Waals surface area contributed by atoms with Gasteiger partial charge in [-0.3, -0.25) is 0 Å². The van der Waals surface area contributed by atoms with Gasteiger partial charge in [0.15, 0.2) is 9.84 Å². The van der Waals surface area contributed by atoms with Crippen molar-refractivity contribution in [2.24, 2.45) is 0 Å². The molecule has 1 fully saturated rings. The van der Waals surface area contributed by atoms with Gasteiger partial charge in [-0.25, -0.2) is 13.2 Å². The van der Waals surface area contributed by atoms with Crippen molar-refractivity contribution >= 4 is 33.2 Å². The maximum Gasteiger partial charge on any atom is 0.319 e. The number of nitrogens with one attached hydrogen (secondary N) is 2. The summed E-state index contributed by atoms with van der Waals surface area (Å²) in [6, 6.07) is 13.9. The van der Waals surface area contributed by atoms with Crippen LogP contribution in [0.15, 0.2) is 48.5 Å². The fourth-order valence-electron chi connectivity index (χ4n) is 2.91. The van der Waals surface area contributed by atoms with Gasteiger partial charge in [0.25, 0.3) is 0 Å². The molecule has 1 atom stereocenters. The highest BCUT2D eigenvalue weighted by Crippen LogP contribution is 2.34. The number of halogens is 1. The molecule has 2 N–H and O–H groups in total. The lowest BCUT2D eigenvalue weighted by Crippen LogP contribution is -2.28. The van der Waals surface area contributed by atoms with Gasteiger partial charge in [0, 0.05) is 17.3 Å². The van der Waals surface area contributed by atoms with E-state index >= 15 is 0 Å². The summed E-state index contributed by atoms with van der Waals surface area (Å²) in [5.74, 6) is 0.255. The normalized spacial score (nSPS) is 18.7. The first kappa shape index (κ1) is 17.8. The first-order valence-corrected chi connectivity index (χ1v) is 10.1. The van der Waals surface area contributed by atoms with Gasteiger partial charge >= 0.3 is 6.03 Å². The number of anilines is 1. The van der Waals surface area contributed by atoms with Gasteiger partial charge in [-0.15, -0.1) is 0 Å². The molecule has 0 aromatic heterocycles. The predicted octanol–water partition coefficient (Wildman–Crippen LogP) is 3.91. The second kappa shape index (κ2) is 7.45. The third-order valence-corrected chi connectivity index (χ3v) is 6.72. The standard InChI is InChI=1S/C18H19ClN2O3S/c19-15-7-3-13(4-8-15)12-20-18(22)21-16-9-5-14(6-10-16)17-2-1-11-25(17,23)24/h3-10,17H,1-2,11-12H2,(H2,20,21,22)/t17-/m1/s1. The lowest BCUT2D eigenvalue weighted by atomic mass is 10.1. The number of benzene rings is 2. The summed E-state index contributed by atoms with van der Waals surface area (Å²) in [5.41, 5.74) is 2.35. The van der Waals surface area contributed by atoms with E-state index in [-0.39, 0.29) is 11.8 Å². The van der Waals surface area contributed by atoms with Crippen LogP contribution in [0.4, 0.5) is 10.5 Å². The van der Waals surface area contributed by atoms with E-state index in [9.17, 15) is 13.2 Å². The van der Waals surface area contributed by atoms with Crippen LogP contribution in [0.5, 0.6) is 0 Å². The second-order valence-electron chi connectivity index (χ2n) is 6.05. The van der Waals surface area contributed by atoms with Crippen molar-refractivity contribution in [1.82, 2.24) is 5.32 Å². The Kier molecular flexibility index (Phi) is 5.30. The number of hydrogen-bond acceptors (Lipinski definition) is 3. The molecular formula is C18H19ClN2O3S. The summed E-state index contributed by atoms with van der Waals surface area (Å²) in [7, 11) is -3.03. The molecule has 1 aliphatic rings. The van der Waals surface area contributed by atoms with Crippen molar-refractivity contribution in [1.29, 1.82) is 0 Å². The van der Waals surface area contributed by atoms with Crippen LogP contribution >= 0.6 is 11.6 Å². The smallest absolute Gasteiger partial charge is 0.319 e. The lowest BCUT2D eigenvalue weighted by Gasteiger charge is -2.11. The zero-order chi connectivity index (χ0) is 17.9. The van der Waals surface area contributed by atoms with Crippen molar-refractivity contribution in [3.05, 3.63) is 64.7 Å². The van der Waals surface area contributed by atoms with Gasteiger partial charge in [-0.2, -0.15) is 0 Å². The average Bonchev–Trinajstić information content (AvgIpc) is 2.94. The SMILES string of the molecule is O=C(NCc1ccc(Cl)cc1)Nc1ccc([C@H]2CCCS2(=O)=O)cc1. The van der Waals surface area contributed by atoms with Gasteiger partial charge < -0.3 is 10.6 Å². The molecule has 2 amide bonds. The molecular weight excluding hydrogens is 360 g/mol. The number of carbonyl (C=O) groups is 1. The first-order chi connectivity index (χ1) is 11.9. The van der Waals surface area contributed by atoms with E-state index in [0.717, 1.165) is 11.1 Å². The van der Waals surface area contributed by atoms with E-state index < -0.39 is 15.1 Å². The molecule has 3 rings (SSSR count). The third-order valence-electron chi connectivity index (χ3n) is 4.24. The molecule has 0 radical (unpaired) electrons. The first-order valence-electron chi connectivity index (χ1n) is 8.05. The minimum absolute atomic E-state index is 0.255. The summed E-state index contributed by atoms with van der Waals surface area (Å²) in [6.07, 6.45) is 1.37. The highest BCUT2D eigenvalue weighted by Gasteiger charge is 2.32. The van der Waals surface area contributed by atoms with Crippen LogP contribution in [-0.4, -0.2) is 20.2 Å². The minimum Gasteiger partial charge on any atom is -0.334 e. The van der Waals surface area contributed by atoms with Crippen molar-refractivity contribution < 1.29 is 13.2 Å². The van der Waals surface area contributed by atoms with Crippen LogP contribution in [0.3, 0.4) is 0 Å². The summed E-state index contributed by atoms with van der Waals surface area (Å²) in [4.78, 5) is 12.0. The summed E-state index contributed by atoms with van der Waals surface area (Å²) >= 11 is 5.82. The van der Waals surface area contributed by atoms with Gasteiger partial charge in [0.1, 0.15) is 0 Å². The predicted molar refractivity (Wildman–Crippen MR) is 99.5 cm³/mol. The Morgan fingerprint density at radius 2 is 1.76 bits per heavy atom. The minimum atomic E-state index is -3.03. The number of carbonyl (C=O) groups excluding carboxylic acids is 1. The summed E-state index contributed by atoms with van der Waals surface area (Å²) < 4.78 is 24.0. The van der Waals surface area contributed by atoms with Crippen LogP contribution in [0.2, 0.25) is 5.02 Å². The Balaban J connectivity index is 1.56. The Hall–Kier alpha value is -2.05. The number of rotatable bonds is 4. The fraction of sp³-hybridized carbons (Fsp3) is 0.278. The number of amides is 2. The van der Waals surface area contributed by atoms with E-state index in [1.54, 1.807) is 36.4 Å². The molecule has 0 bridgehead atoms. The average molecular weight is 379 g/mol. The molecule has 0 spiro atoms. The second-order valence-corrected chi connectivity index (χ2v) is 8.79. The largest absolute Gasteiger partial charge is 0.334 e. The Labute approximate surface area is 152 Å². The molecule has 7 heteroatoms. The molecule has 5 nitrogen and oxygen atoms in total. The van der Waals surface area contributed by atoms with E-state index in [1.165, 1.54) is 0 Å². The van der Waals surface area contributed by atoms with Crippen LogP contribution < -0.4 is 10.6 Å². The van der Waals surface area contributed by atoms with E-state index in [0.29, 0.717) is 30.1 Å². The van der Waals surface area contributed by atoms with E-state index in [1.807, 2.05) is 12.1 Å². The lowest BCUT2D eigenvalue weighted by molar-refractivity contribution is 0.251. The zero-order valence-corrected chi connectivity index (χ0v) is 15.1. The van der Waals surface area contributed by atoms with Crippen LogP contribution in [-0.2, 0) is 16.4 Å². The topological polar surface area (TPSA) is 75.3 Å². The molecule has 1 aliphatic heterocycles. The molecule has 0 saturated carbocycles. The van der Waals surface area contributed by atoms with Gasteiger partial charge in [-0.05, 0) is 48.2 Å². The fourth-order valence-corrected chi connectivity index (χ4v) is 4.98. The molecule has 2 aromatic rings. The van der Waals surface area contributed by atoms with E-state index in [4.69, 9.17) is 11.6 Å². The van der Waals surface area contributed by atoms with Gasteiger partial charge in [-0.1, -0.05) is 35.9 Å². The van der Waals surface area contributed by atoms with Gasteiger partial charge in [0.2, 0.25) is 0 Å². The molecule has 1 heterocycles. The van der Waals surface area contributed by atoms with Gasteiger partial charge in [0.05, 0.1) is 11.0 Å². The molecule has 2 aromatic carbocycles. The van der Waals surface area contributed by atoms with E-state index in [2.05, 4.69) is 10.6 Å². The number of urea groups is 1. The zero-order valence-electron chi connectivity index (χ0n) is 13.5. The maximum atomic E-state index is 12.0.